The van der Waals surface area contributed by atoms with Crippen LogP contribution in [-0.2, 0) is 32.7 Å². The van der Waals surface area contributed by atoms with Crippen molar-refractivity contribution in [2.45, 2.75) is 206 Å². The molecule has 0 aliphatic carbocycles. The van der Waals surface area contributed by atoms with Gasteiger partial charge in [0.05, 0.1) is 19.8 Å². The number of phosphoric acid groups is 1. The molecule has 10 nitrogen and oxygen atoms in total. The van der Waals surface area contributed by atoms with Crippen LogP contribution in [0.2, 0.25) is 0 Å². The Bertz CT molecular complexity index is 1250. The van der Waals surface area contributed by atoms with Crippen LogP contribution in [0.4, 0.5) is 0 Å². The quantitative estimate of drug-likeness (QED) is 0.0233. The van der Waals surface area contributed by atoms with Gasteiger partial charge in [0.15, 0.2) is 0 Å². The molecule has 11 heteroatoms. The largest absolute Gasteiger partial charge is 0.480 e. The fourth-order valence-corrected chi connectivity index (χ4v) is 7.09. The number of carboxylic acids is 1. The smallest absolute Gasteiger partial charge is 0.472 e. The van der Waals surface area contributed by atoms with Crippen molar-refractivity contribution in [1.29, 1.82) is 0 Å². The lowest BCUT2D eigenvalue weighted by Crippen LogP contribution is -2.34. The maximum absolute atomic E-state index is 12.7. The summed E-state index contributed by atoms with van der Waals surface area (Å²) in [7, 11) is -4.63. The molecule has 0 aromatic heterocycles. The van der Waals surface area contributed by atoms with Crippen LogP contribution >= 0.6 is 7.82 Å². The first-order valence-corrected chi connectivity index (χ1v) is 25.5. The van der Waals surface area contributed by atoms with Gasteiger partial charge in [-0.05, 0) is 64.2 Å². The van der Waals surface area contributed by atoms with E-state index in [1.54, 1.807) is 0 Å². The number of carboxylic acid groups (broad SMARTS) is 1. The molecule has 0 saturated heterocycles. The van der Waals surface area contributed by atoms with Crippen LogP contribution in [0.1, 0.15) is 194 Å². The number of carbonyl (C=O) groups is 2. The van der Waals surface area contributed by atoms with E-state index in [0.717, 1.165) is 70.6 Å². The number of hydrogen-bond acceptors (Lipinski definition) is 8. The lowest BCUT2D eigenvalue weighted by molar-refractivity contribution is -0.154. The molecule has 352 valence electrons. The minimum atomic E-state index is -4.63. The molecule has 3 atom stereocenters. The number of rotatable bonds is 45. The fraction of sp³-hybridized carbons (Fsp3) is 0.720. The SMILES string of the molecule is CC/C=C\C/C=C\C/C=C\C/C=C\C/C=C\C/C=C\CCCCC(=O)OC(COCCCCCCCCCCCCCCCCCCCC)COP(=O)(O)OCC(N)C(=O)O. The van der Waals surface area contributed by atoms with Crippen molar-refractivity contribution in [2.24, 2.45) is 5.73 Å². The van der Waals surface area contributed by atoms with Gasteiger partial charge in [-0.15, -0.1) is 0 Å². The Morgan fingerprint density at radius 3 is 1.39 bits per heavy atom. The molecule has 61 heavy (non-hydrogen) atoms. The van der Waals surface area contributed by atoms with Gasteiger partial charge in [-0.2, -0.15) is 0 Å². The summed E-state index contributed by atoms with van der Waals surface area (Å²) in [5.41, 5.74) is 5.36. The molecule has 0 rings (SSSR count). The summed E-state index contributed by atoms with van der Waals surface area (Å²) in [6.07, 6.45) is 56.7. The predicted molar refractivity (Wildman–Crippen MR) is 254 cm³/mol. The Morgan fingerprint density at radius 1 is 0.541 bits per heavy atom. The van der Waals surface area contributed by atoms with Gasteiger partial charge in [-0.25, -0.2) is 4.57 Å². The zero-order valence-electron chi connectivity index (χ0n) is 38.5. The van der Waals surface area contributed by atoms with Gasteiger partial charge < -0.3 is 25.2 Å². The first kappa shape index (κ1) is 58.4. The number of unbranched alkanes of at least 4 members (excludes halogenated alkanes) is 19. The van der Waals surface area contributed by atoms with Gasteiger partial charge in [0.25, 0.3) is 0 Å². The highest BCUT2D eigenvalue weighted by molar-refractivity contribution is 7.47. The van der Waals surface area contributed by atoms with Gasteiger partial charge in [0, 0.05) is 13.0 Å². The van der Waals surface area contributed by atoms with Gasteiger partial charge in [-0.3, -0.25) is 18.6 Å². The van der Waals surface area contributed by atoms with Crippen molar-refractivity contribution in [3.05, 3.63) is 72.9 Å². The van der Waals surface area contributed by atoms with Crippen molar-refractivity contribution in [3.8, 4) is 0 Å². The van der Waals surface area contributed by atoms with E-state index in [9.17, 15) is 19.0 Å². The normalized spacial score (nSPS) is 14.4. The topological polar surface area (TPSA) is 155 Å². The molecule has 0 aliphatic heterocycles. The first-order chi connectivity index (χ1) is 29.7. The van der Waals surface area contributed by atoms with Crippen LogP contribution < -0.4 is 5.73 Å². The van der Waals surface area contributed by atoms with Crippen LogP contribution in [0.5, 0.6) is 0 Å². The van der Waals surface area contributed by atoms with Gasteiger partial charge >= 0.3 is 19.8 Å². The van der Waals surface area contributed by atoms with Crippen LogP contribution in [0.3, 0.4) is 0 Å². The summed E-state index contributed by atoms with van der Waals surface area (Å²) < 4.78 is 33.4. The van der Waals surface area contributed by atoms with Gasteiger partial charge in [0.2, 0.25) is 0 Å². The van der Waals surface area contributed by atoms with E-state index in [1.807, 2.05) is 0 Å². The Morgan fingerprint density at radius 2 is 0.951 bits per heavy atom. The van der Waals surface area contributed by atoms with Crippen LogP contribution in [-0.4, -0.2) is 60.5 Å². The van der Waals surface area contributed by atoms with Crippen molar-refractivity contribution >= 4 is 19.8 Å². The Kier molecular flexibility index (Phi) is 43.5. The number of allylic oxidation sites excluding steroid dienone is 12. The van der Waals surface area contributed by atoms with E-state index >= 15 is 0 Å². The van der Waals surface area contributed by atoms with E-state index in [4.69, 9.17) is 29.4 Å². The minimum Gasteiger partial charge on any atom is -0.480 e. The Balaban J connectivity index is 4.28. The number of hydrogen-bond donors (Lipinski definition) is 3. The van der Waals surface area contributed by atoms with Crippen molar-refractivity contribution in [2.75, 3.05) is 26.4 Å². The molecule has 0 amide bonds. The summed E-state index contributed by atoms with van der Waals surface area (Å²) in [6.45, 7) is 3.73. The van der Waals surface area contributed by atoms with E-state index in [1.165, 1.54) is 96.3 Å². The Hall–Kier alpha value is -2.59. The lowest BCUT2D eigenvalue weighted by Gasteiger charge is -2.20. The summed E-state index contributed by atoms with van der Waals surface area (Å²) in [6, 6.07) is -1.48. The van der Waals surface area contributed by atoms with E-state index in [-0.39, 0.29) is 13.0 Å². The van der Waals surface area contributed by atoms with Crippen molar-refractivity contribution < 1.29 is 42.7 Å². The third kappa shape index (κ3) is 45.3. The fourth-order valence-electron chi connectivity index (χ4n) is 6.31. The minimum absolute atomic E-state index is 0.00211. The molecule has 0 aromatic carbocycles. The molecule has 0 fully saturated rings. The lowest BCUT2D eigenvalue weighted by atomic mass is 10.0. The zero-order chi connectivity index (χ0) is 44.8. The summed E-state index contributed by atoms with van der Waals surface area (Å²) in [5.74, 6) is -1.82. The number of esters is 1. The van der Waals surface area contributed by atoms with E-state index < -0.39 is 45.1 Å². The molecule has 0 aromatic rings. The molecule has 0 bridgehead atoms. The van der Waals surface area contributed by atoms with Crippen LogP contribution in [0.15, 0.2) is 72.9 Å². The van der Waals surface area contributed by atoms with E-state index in [2.05, 4.69) is 86.8 Å². The second-order valence-corrected chi connectivity index (χ2v) is 17.3. The molecule has 0 aliphatic rings. The second-order valence-electron chi connectivity index (χ2n) is 15.9. The van der Waals surface area contributed by atoms with Crippen molar-refractivity contribution in [1.82, 2.24) is 0 Å². The van der Waals surface area contributed by atoms with Gasteiger partial charge in [0.1, 0.15) is 12.1 Å². The van der Waals surface area contributed by atoms with Crippen molar-refractivity contribution in [3.63, 3.8) is 0 Å². The highest BCUT2D eigenvalue weighted by Gasteiger charge is 2.27. The highest BCUT2D eigenvalue weighted by Crippen LogP contribution is 2.43. The number of aliphatic carboxylic acids is 1. The van der Waals surface area contributed by atoms with Crippen LogP contribution in [0.25, 0.3) is 0 Å². The third-order valence-corrected chi connectivity index (χ3v) is 11.0. The molecular weight excluding hydrogens is 790 g/mol. The first-order valence-electron chi connectivity index (χ1n) is 24.0. The predicted octanol–water partition coefficient (Wildman–Crippen LogP) is 13.8. The number of nitrogens with two attached hydrogens (primary N) is 1. The van der Waals surface area contributed by atoms with Crippen LogP contribution in [0, 0.1) is 0 Å². The maximum Gasteiger partial charge on any atom is 0.472 e. The number of ether oxygens (including phenoxy) is 2. The molecule has 3 unspecified atom stereocenters. The molecule has 0 spiro atoms. The average Bonchev–Trinajstić information content (AvgIpc) is 3.24. The second kappa shape index (κ2) is 45.4. The molecule has 0 heterocycles. The average molecular weight is 878 g/mol. The zero-order valence-corrected chi connectivity index (χ0v) is 39.4. The molecule has 0 saturated carbocycles. The summed E-state index contributed by atoms with van der Waals surface area (Å²) in [4.78, 5) is 33.6. The Labute approximate surface area is 372 Å². The maximum atomic E-state index is 12.7. The monoisotopic (exact) mass is 878 g/mol. The molecule has 4 N–H and O–H groups in total. The van der Waals surface area contributed by atoms with E-state index in [0.29, 0.717) is 13.0 Å². The number of carbonyl (C=O) groups excluding carboxylic acids is 1. The number of phosphoric ester groups is 1. The molecular formula is C50H88NO9P. The summed E-state index contributed by atoms with van der Waals surface area (Å²) in [5, 5.41) is 8.92. The summed E-state index contributed by atoms with van der Waals surface area (Å²) >= 11 is 0. The molecule has 0 radical (unpaired) electrons. The highest BCUT2D eigenvalue weighted by atomic mass is 31.2. The van der Waals surface area contributed by atoms with Gasteiger partial charge in [-0.1, -0.05) is 196 Å². The standard InChI is InChI=1S/C50H88NO9P/c1-3-5-7-9-11-13-15-17-19-21-23-24-25-26-28-30-32-34-36-38-40-42-49(52)60-47(45-58-61(55,56)59-46-48(51)50(53)54)44-57-43-41-39-37-35-33-31-29-27-22-20-18-16-14-12-10-8-6-4-2/h5,7,11,13,17,19,23-24,26,28,32,34,47-48H,3-4,6,8-10,12,14-16,18,20-22,25,27,29-31,33,35-46,51H2,1-2H3,(H,53,54)(H,55,56)/b7-5-,13-11-,19-17-,24-23-,28-26-,34-32-. The third-order valence-electron chi connectivity index (χ3n) is 10.0.